The number of carbonyl (C=O) groups is 1. The van der Waals surface area contributed by atoms with Gasteiger partial charge in [0, 0.05) is 19.7 Å². The Morgan fingerprint density at radius 3 is 2.42 bits per heavy atom. The number of amides is 1. The van der Waals surface area contributed by atoms with Gasteiger partial charge in [0.25, 0.3) is 5.91 Å². The Kier molecular flexibility index (Phi) is 5.73. The first-order valence-corrected chi connectivity index (χ1v) is 7.18. The number of benzene rings is 1. The third kappa shape index (κ3) is 5.53. The number of hydrogen-bond donors (Lipinski definition) is 0. The number of aromatic nitrogens is 2. The van der Waals surface area contributed by atoms with Crippen LogP contribution in [0.3, 0.4) is 0 Å². The van der Waals surface area contributed by atoms with Gasteiger partial charge in [-0.25, -0.2) is 0 Å². The van der Waals surface area contributed by atoms with Crippen molar-refractivity contribution in [3.05, 3.63) is 53.7 Å². The first kappa shape index (κ1) is 17.7. The Morgan fingerprint density at radius 1 is 1.12 bits per heavy atom. The van der Waals surface area contributed by atoms with Gasteiger partial charge in [-0.3, -0.25) is 4.79 Å². The summed E-state index contributed by atoms with van der Waals surface area (Å²) in [6.45, 7) is -0.969. The molecule has 128 valence electrons. The quantitative estimate of drug-likeness (QED) is 0.812. The van der Waals surface area contributed by atoms with Gasteiger partial charge in [-0.15, -0.1) is 10.2 Å². The molecule has 8 heteroatoms. The van der Waals surface area contributed by atoms with Crippen molar-refractivity contribution in [1.82, 2.24) is 15.1 Å². The second kappa shape index (κ2) is 7.76. The first-order chi connectivity index (χ1) is 11.3. The normalized spacial score (nSPS) is 11.2. The smallest absolute Gasteiger partial charge is 0.422 e. The molecule has 0 spiro atoms. The van der Waals surface area contributed by atoms with E-state index in [-0.39, 0.29) is 17.5 Å². The van der Waals surface area contributed by atoms with Gasteiger partial charge in [0.2, 0.25) is 5.88 Å². The second-order valence-electron chi connectivity index (χ2n) is 5.12. The minimum Gasteiger partial charge on any atom is -0.467 e. The van der Waals surface area contributed by atoms with Crippen LogP contribution in [0, 0.1) is 0 Å². The topological polar surface area (TPSA) is 55.3 Å². The predicted molar refractivity (Wildman–Crippen MR) is 80.7 cm³/mol. The maximum absolute atomic E-state index is 12.2. The van der Waals surface area contributed by atoms with Crippen molar-refractivity contribution < 1.29 is 22.7 Å². The summed E-state index contributed by atoms with van der Waals surface area (Å²) in [5.41, 5.74) is 1.14. The van der Waals surface area contributed by atoms with Gasteiger partial charge in [-0.2, -0.15) is 13.2 Å². The molecule has 1 aromatic carbocycles. The average molecular weight is 339 g/mol. The van der Waals surface area contributed by atoms with Crippen molar-refractivity contribution in [3.8, 4) is 5.88 Å². The number of alkyl halides is 3. The van der Waals surface area contributed by atoms with E-state index in [0.717, 1.165) is 5.56 Å². The van der Waals surface area contributed by atoms with Crippen LogP contribution < -0.4 is 4.74 Å². The molecule has 2 aromatic rings. The van der Waals surface area contributed by atoms with Crippen molar-refractivity contribution in [2.24, 2.45) is 0 Å². The summed E-state index contributed by atoms with van der Waals surface area (Å²) in [4.78, 5) is 13.7. The highest BCUT2D eigenvalue weighted by molar-refractivity contribution is 5.91. The molecular formula is C16H16F3N3O2. The summed E-state index contributed by atoms with van der Waals surface area (Å²) in [6.07, 6.45) is -3.77. The maximum atomic E-state index is 12.2. The highest BCUT2D eigenvalue weighted by atomic mass is 19.4. The zero-order valence-corrected chi connectivity index (χ0v) is 13.0. The van der Waals surface area contributed by atoms with Crippen molar-refractivity contribution >= 4 is 5.91 Å². The predicted octanol–water partition coefficient (Wildman–Crippen LogP) is 2.73. The van der Waals surface area contributed by atoms with Crippen LogP contribution >= 0.6 is 0 Å². The fourth-order valence-corrected chi connectivity index (χ4v) is 1.91. The van der Waals surface area contributed by atoms with Crippen LogP contribution in [0.15, 0.2) is 42.5 Å². The first-order valence-electron chi connectivity index (χ1n) is 7.18. The molecule has 0 fully saturated rings. The molecule has 0 saturated carbocycles. The molecule has 24 heavy (non-hydrogen) atoms. The molecule has 0 radical (unpaired) electrons. The third-order valence-electron chi connectivity index (χ3n) is 3.17. The largest absolute Gasteiger partial charge is 0.467 e. The Hall–Kier alpha value is -2.64. The number of hydrogen-bond acceptors (Lipinski definition) is 4. The summed E-state index contributed by atoms with van der Waals surface area (Å²) >= 11 is 0. The molecule has 1 aromatic heterocycles. The zero-order valence-electron chi connectivity index (χ0n) is 13.0. The minimum atomic E-state index is -4.45. The lowest BCUT2D eigenvalue weighted by Gasteiger charge is -2.16. The van der Waals surface area contributed by atoms with Gasteiger partial charge < -0.3 is 9.64 Å². The molecule has 1 amide bonds. The zero-order chi connectivity index (χ0) is 17.6. The van der Waals surface area contributed by atoms with Crippen molar-refractivity contribution in [1.29, 1.82) is 0 Å². The Bertz CT molecular complexity index is 661. The summed E-state index contributed by atoms with van der Waals surface area (Å²) in [7, 11) is 1.63. The highest BCUT2D eigenvalue weighted by Crippen LogP contribution is 2.16. The molecular weight excluding hydrogens is 323 g/mol. The van der Waals surface area contributed by atoms with Gasteiger partial charge >= 0.3 is 6.18 Å². The number of carbonyl (C=O) groups excluding carboxylic acids is 1. The molecule has 0 saturated heterocycles. The van der Waals surface area contributed by atoms with E-state index in [0.29, 0.717) is 13.0 Å². The van der Waals surface area contributed by atoms with Crippen LogP contribution in [0.2, 0.25) is 0 Å². The number of likely N-dealkylation sites (N-methyl/N-ethyl adjacent to an activating group) is 1. The van der Waals surface area contributed by atoms with Crippen LogP contribution in [0.5, 0.6) is 5.88 Å². The molecule has 0 atom stereocenters. The number of rotatable bonds is 6. The van der Waals surface area contributed by atoms with E-state index in [1.807, 2.05) is 30.3 Å². The van der Waals surface area contributed by atoms with E-state index in [9.17, 15) is 18.0 Å². The molecule has 5 nitrogen and oxygen atoms in total. The second-order valence-corrected chi connectivity index (χ2v) is 5.12. The third-order valence-corrected chi connectivity index (χ3v) is 3.17. The van der Waals surface area contributed by atoms with Gasteiger partial charge in [0.1, 0.15) is 0 Å². The van der Waals surface area contributed by atoms with E-state index >= 15 is 0 Å². The fourth-order valence-electron chi connectivity index (χ4n) is 1.91. The van der Waals surface area contributed by atoms with Crippen LogP contribution in [0.4, 0.5) is 13.2 Å². The van der Waals surface area contributed by atoms with Crippen LogP contribution in [0.25, 0.3) is 0 Å². The maximum Gasteiger partial charge on any atom is 0.422 e. The lowest BCUT2D eigenvalue weighted by Crippen LogP contribution is -2.29. The van der Waals surface area contributed by atoms with Gasteiger partial charge in [-0.05, 0) is 18.1 Å². The van der Waals surface area contributed by atoms with E-state index in [1.54, 1.807) is 7.05 Å². The van der Waals surface area contributed by atoms with Gasteiger partial charge in [-0.1, -0.05) is 30.3 Å². The van der Waals surface area contributed by atoms with Gasteiger partial charge in [0.05, 0.1) is 0 Å². The summed E-state index contributed by atoms with van der Waals surface area (Å²) in [5, 5.41) is 7.11. The average Bonchev–Trinajstić information content (AvgIpc) is 2.58. The van der Waals surface area contributed by atoms with Crippen LogP contribution in [-0.4, -0.2) is 47.4 Å². The SMILES string of the molecule is CN(CCc1ccccc1)C(=O)c1ccc(OCC(F)(F)F)nn1. The molecule has 2 rings (SSSR count). The summed E-state index contributed by atoms with van der Waals surface area (Å²) < 4.78 is 40.6. The molecule has 0 bridgehead atoms. The Labute approximate surface area is 137 Å². The van der Waals surface area contributed by atoms with Crippen LogP contribution in [0.1, 0.15) is 16.1 Å². The molecule has 0 aliphatic rings. The Balaban J connectivity index is 1.89. The van der Waals surface area contributed by atoms with E-state index in [4.69, 9.17) is 0 Å². The lowest BCUT2D eigenvalue weighted by molar-refractivity contribution is -0.154. The van der Waals surface area contributed by atoms with Crippen LogP contribution in [-0.2, 0) is 6.42 Å². The van der Waals surface area contributed by atoms with Crippen molar-refractivity contribution in [3.63, 3.8) is 0 Å². The lowest BCUT2D eigenvalue weighted by atomic mass is 10.1. The van der Waals surface area contributed by atoms with Gasteiger partial charge in [0.15, 0.2) is 12.3 Å². The Morgan fingerprint density at radius 2 is 1.83 bits per heavy atom. The van der Waals surface area contributed by atoms with E-state index in [2.05, 4.69) is 14.9 Å². The standard InChI is InChI=1S/C16H16F3N3O2/c1-22(10-9-12-5-3-2-4-6-12)15(23)13-7-8-14(21-20-13)24-11-16(17,18)19/h2-8H,9-11H2,1H3. The molecule has 0 aliphatic heterocycles. The monoisotopic (exact) mass is 339 g/mol. The molecule has 0 aliphatic carbocycles. The molecule has 0 unspecified atom stereocenters. The highest BCUT2D eigenvalue weighted by Gasteiger charge is 2.28. The number of nitrogens with zero attached hydrogens (tertiary/aromatic N) is 3. The number of halogens is 3. The fraction of sp³-hybridized carbons (Fsp3) is 0.312. The van der Waals surface area contributed by atoms with Crippen molar-refractivity contribution in [2.45, 2.75) is 12.6 Å². The van der Waals surface area contributed by atoms with E-state index < -0.39 is 12.8 Å². The minimum absolute atomic E-state index is 0.0462. The van der Waals surface area contributed by atoms with Crippen molar-refractivity contribution in [2.75, 3.05) is 20.2 Å². The summed E-state index contributed by atoms with van der Waals surface area (Å²) in [5.74, 6) is -0.642. The number of ether oxygens (including phenoxy) is 1. The molecule has 0 N–H and O–H groups in total. The molecule has 1 heterocycles. The summed E-state index contributed by atoms with van der Waals surface area (Å²) in [6, 6.07) is 12.2. The van der Waals surface area contributed by atoms with E-state index in [1.165, 1.54) is 17.0 Å².